The fourth-order valence-electron chi connectivity index (χ4n) is 1.94. The Labute approximate surface area is 121 Å². The van der Waals surface area contributed by atoms with E-state index in [2.05, 4.69) is 46.8 Å². The molecule has 2 aromatic rings. The van der Waals surface area contributed by atoms with Crippen LogP contribution in [-0.2, 0) is 13.2 Å². The van der Waals surface area contributed by atoms with E-state index in [4.69, 9.17) is 4.74 Å². The standard InChI is InChI=1S/C14H18BrN3O/c1-4-5-18-13(16-9-17-18)8-19-12-6-10(2)14(15)11(3)7-12/h6-7,9H,4-5,8H2,1-3H3. The Morgan fingerprint density at radius 1 is 1.26 bits per heavy atom. The van der Waals surface area contributed by atoms with Gasteiger partial charge in [-0.2, -0.15) is 5.10 Å². The zero-order valence-electron chi connectivity index (χ0n) is 11.5. The molecule has 19 heavy (non-hydrogen) atoms. The summed E-state index contributed by atoms with van der Waals surface area (Å²) in [5.74, 6) is 1.73. The topological polar surface area (TPSA) is 39.9 Å². The average molecular weight is 324 g/mol. The molecule has 0 N–H and O–H groups in total. The van der Waals surface area contributed by atoms with Crippen molar-refractivity contribution in [2.24, 2.45) is 0 Å². The van der Waals surface area contributed by atoms with Gasteiger partial charge in [-0.1, -0.05) is 22.9 Å². The molecule has 0 saturated carbocycles. The van der Waals surface area contributed by atoms with Gasteiger partial charge in [0.15, 0.2) is 5.82 Å². The van der Waals surface area contributed by atoms with Crippen molar-refractivity contribution in [2.45, 2.75) is 40.3 Å². The molecule has 0 saturated heterocycles. The van der Waals surface area contributed by atoms with Crippen LogP contribution in [0, 0.1) is 13.8 Å². The highest BCUT2D eigenvalue weighted by Gasteiger charge is 2.07. The van der Waals surface area contributed by atoms with Gasteiger partial charge in [0, 0.05) is 11.0 Å². The first kappa shape index (κ1) is 14.1. The Morgan fingerprint density at radius 3 is 2.58 bits per heavy atom. The third kappa shape index (κ3) is 3.35. The Kier molecular flexibility index (Phi) is 4.58. The minimum absolute atomic E-state index is 0.445. The van der Waals surface area contributed by atoms with Crippen LogP contribution in [0.25, 0.3) is 0 Å². The van der Waals surface area contributed by atoms with Crippen LogP contribution < -0.4 is 4.74 Å². The molecule has 0 atom stereocenters. The van der Waals surface area contributed by atoms with Gasteiger partial charge in [0.2, 0.25) is 0 Å². The second-order valence-electron chi connectivity index (χ2n) is 4.56. The number of benzene rings is 1. The molecule has 102 valence electrons. The van der Waals surface area contributed by atoms with Crippen molar-refractivity contribution in [3.05, 3.63) is 39.9 Å². The molecule has 1 aromatic carbocycles. The molecular weight excluding hydrogens is 306 g/mol. The van der Waals surface area contributed by atoms with Crippen LogP contribution in [0.5, 0.6) is 5.75 Å². The first-order valence-electron chi connectivity index (χ1n) is 6.38. The zero-order chi connectivity index (χ0) is 13.8. The van der Waals surface area contributed by atoms with E-state index in [0.29, 0.717) is 6.61 Å². The Morgan fingerprint density at radius 2 is 1.95 bits per heavy atom. The number of halogens is 1. The molecule has 0 radical (unpaired) electrons. The van der Waals surface area contributed by atoms with Crippen LogP contribution >= 0.6 is 15.9 Å². The number of nitrogens with zero attached hydrogens (tertiary/aromatic N) is 3. The molecule has 0 spiro atoms. The van der Waals surface area contributed by atoms with Crippen LogP contribution in [0.15, 0.2) is 22.9 Å². The van der Waals surface area contributed by atoms with E-state index < -0.39 is 0 Å². The molecule has 0 amide bonds. The summed E-state index contributed by atoms with van der Waals surface area (Å²) in [6.45, 7) is 7.55. The van der Waals surface area contributed by atoms with Crippen molar-refractivity contribution >= 4 is 15.9 Å². The second-order valence-corrected chi connectivity index (χ2v) is 5.35. The smallest absolute Gasteiger partial charge is 0.164 e. The monoisotopic (exact) mass is 323 g/mol. The number of ether oxygens (including phenoxy) is 1. The SMILES string of the molecule is CCCn1ncnc1COc1cc(C)c(Br)c(C)c1. The summed E-state index contributed by atoms with van der Waals surface area (Å²) in [7, 11) is 0. The highest BCUT2D eigenvalue weighted by molar-refractivity contribution is 9.10. The van der Waals surface area contributed by atoms with Gasteiger partial charge in [-0.3, -0.25) is 0 Å². The Balaban J connectivity index is 2.08. The molecule has 0 aliphatic carbocycles. The molecular formula is C14H18BrN3O. The third-order valence-electron chi connectivity index (χ3n) is 2.91. The molecule has 4 nitrogen and oxygen atoms in total. The first-order valence-corrected chi connectivity index (χ1v) is 7.17. The van der Waals surface area contributed by atoms with Crippen molar-refractivity contribution in [2.75, 3.05) is 0 Å². The van der Waals surface area contributed by atoms with Gasteiger partial charge in [0.05, 0.1) is 0 Å². The first-order chi connectivity index (χ1) is 9.11. The lowest BCUT2D eigenvalue weighted by atomic mass is 10.1. The predicted octanol–water partition coefficient (Wildman–Crippen LogP) is 3.65. The highest BCUT2D eigenvalue weighted by atomic mass is 79.9. The molecule has 0 unspecified atom stereocenters. The van der Waals surface area contributed by atoms with Gasteiger partial charge < -0.3 is 4.74 Å². The van der Waals surface area contributed by atoms with E-state index >= 15 is 0 Å². The fourth-order valence-corrected chi connectivity index (χ4v) is 2.16. The van der Waals surface area contributed by atoms with Crippen LogP contribution in [-0.4, -0.2) is 14.8 Å². The molecule has 1 heterocycles. The van der Waals surface area contributed by atoms with Crippen LogP contribution in [0.3, 0.4) is 0 Å². The number of aryl methyl sites for hydroxylation is 3. The van der Waals surface area contributed by atoms with Crippen LogP contribution in [0.2, 0.25) is 0 Å². The average Bonchev–Trinajstić information content (AvgIpc) is 2.81. The summed E-state index contributed by atoms with van der Waals surface area (Å²) in [6.07, 6.45) is 2.61. The van der Waals surface area contributed by atoms with Crippen molar-refractivity contribution < 1.29 is 4.74 Å². The van der Waals surface area contributed by atoms with Gasteiger partial charge in [0.1, 0.15) is 18.7 Å². The predicted molar refractivity (Wildman–Crippen MR) is 78.3 cm³/mol. The van der Waals surface area contributed by atoms with E-state index in [0.717, 1.165) is 29.0 Å². The molecule has 0 bridgehead atoms. The molecule has 5 heteroatoms. The maximum atomic E-state index is 5.81. The second kappa shape index (κ2) is 6.19. The molecule has 0 aliphatic heterocycles. The number of hydrogen-bond donors (Lipinski definition) is 0. The number of aromatic nitrogens is 3. The van der Waals surface area contributed by atoms with E-state index in [-0.39, 0.29) is 0 Å². The summed E-state index contributed by atoms with van der Waals surface area (Å²) in [5, 5.41) is 4.19. The summed E-state index contributed by atoms with van der Waals surface area (Å²) >= 11 is 3.55. The summed E-state index contributed by atoms with van der Waals surface area (Å²) < 4.78 is 8.83. The maximum absolute atomic E-state index is 5.81. The van der Waals surface area contributed by atoms with E-state index in [1.165, 1.54) is 11.1 Å². The van der Waals surface area contributed by atoms with Crippen molar-refractivity contribution in [3.8, 4) is 5.75 Å². The Hall–Kier alpha value is -1.36. The fraction of sp³-hybridized carbons (Fsp3) is 0.429. The van der Waals surface area contributed by atoms with Crippen molar-refractivity contribution in [1.82, 2.24) is 14.8 Å². The summed E-state index contributed by atoms with van der Waals surface area (Å²) in [5.41, 5.74) is 2.34. The van der Waals surface area contributed by atoms with Crippen molar-refractivity contribution in [3.63, 3.8) is 0 Å². The minimum Gasteiger partial charge on any atom is -0.486 e. The summed E-state index contributed by atoms with van der Waals surface area (Å²) in [4.78, 5) is 4.23. The molecule has 0 aliphatic rings. The Bertz CT molecular complexity index is 543. The van der Waals surface area contributed by atoms with Crippen molar-refractivity contribution in [1.29, 1.82) is 0 Å². The minimum atomic E-state index is 0.445. The summed E-state index contributed by atoms with van der Waals surface area (Å²) in [6, 6.07) is 4.05. The lowest BCUT2D eigenvalue weighted by Gasteiger charge is -2.10. The van der Waals surface area contributed by atoms with Gasteiger partial charge in [-0.05, 0) is 43.5 Å². The number of rotatable bonds is 5. The normalized spacial score (nSPS) is 10.7. The lowest BCUT2D eigenvalue weighted by Crippen LogP contribution is -2.08. The van der Waals surface area contributed by atoms with Crippen LogP contribution in [0.4, 0.5) is 0 Å². The molecule has 1 aromatic heterocycles. The molecule has 2 rings (SSSR count). The highest BCUT2D eigenvalue weighted by Crippen LogP contribution is 2.26. The molecule has 0 fully saturated rings. The third-order valence-corrected chi connectivity index (χ3v) is 4.16. The van der Waals surface area contributed by atoms with E-state index in [1.807, 2.05) is 16.8 Å². The van der Waals surface area contributed by atoms with E-state index in [1.54, 1.807) is 6.33 Å². The quantitative estimate of drug-likeness (QED) is 0.843. The van der Waals surface area contributed by atoms with E-state index in [9.17, 15) is 0 Å². The van der Waals surface area contributed by atoms with Crippen LogP contribution in [0.1, 0.15) is 30.3 Å². The number of hydrogen-bond acceptors (Lipinski definition) is 3. The largest absolute Gasteiger partial charge is 0.486 e. The van der Waals surface area contributed by atoms with Gasteiger partial charge in [-0.25, -0.2) is 9.67 Å². The maximum Gasteiger partial charge on any atom is 0.164 e. The zero-order valence-corrected chi connectivity index (χ0v) is 13.1. The van der Waals surface area contributed by atoms with Gasteiger partial charge >= 0.3 is 0 Å². The van der Waals surface area contributed by atoms with Gasteiger partial charge in [0.25, 0.3) is 0 Å². The van der Waals surface area contributed by atoms with Gasteiger partial charge in [-0.15, -0.1) is 0 Å². The lowest BCUT2D eigenvalue weighted by molar-refractivity contribution is 0.286.